The molecule has 1 amide bonds. The van der Waals surface area contributed by atoms with E-state index < -0.39 is 21.5 Å². The Labute approximate surface area is 180 Å². The van der Waals surface area contributed by atoms with E-state index in [-0.39, 0.29) is 30.2 Å². The fourth-order valence-corrected chi connectivity index (χ4v) is 5.44. The van der Waals surface area contributed by atoms with Gasteiger partial charge in [0.2, 0.25) is 10.0 Å². The largest absolute Gasteiger partial charge is 0.486 e. The van der Waals surface area contributed by atoms with Crippen LogP contribution in [-0.2, 0) is 14.8 Å². The number of nitrogens with one attached hydrogen (secondary N) is 1. The number of sulfonamides is 1. The summed E-state index contributed by atoms with van der Waals surface area (Å²) in [4.78, 5) is 24.2. The summed E-state index contributed by atoms with van der Waals surface area (Å²) >= 11 is 0. The van der Waals surface area contributed by atoms with Gasteiger partial charge in [-0.1, -0.05) is 24.3 Å². The number of carbonyl (C=O) groups excluding carboxylic acids is 2. The molecule has 0 radical (unpaired) electrons. The summed E-state index contributed by atoms with van der Waals surface area (Å²) in [5.41, 5.74) is 1.84. The maximum absolute atomic E-state index is 12.9. The molecule has 0 unspecified atom stereocenters. The van der Waals surface area contributed by atoms with Crippen LogP contribution in [0.3, 0.4) is 0 Å². The van der Waals surface area contributed by atoms with Crippen molar-refractivity contribution in [3.63, 3.8) is 0 Å². The van der Waals surface area contributed by atoms with Crippen LogP contribution < -0.4 is 10.2 Å². The second kappa shape index (κ2) is 8.26. The van der Waals surface area contributed by atoms with Gasteiger partial charge in [-0.3, -0.25) is 14.8 Å². The second-order valence-corrected chi connectivity index (χ2v) is 9.61. The summed E-state index contributed by atoms with van der Waals surface area (Å²) in [6, 6.07) is 13.3. The van der Waals surface area contributed by atoms with Crippen LogP contribution in [0.2, 0.25) is 0 Å². The summed E-state index contributed by atoms with van der Waals surface area (Å²) in [6.07, 6.45) is 3.64. The molecule has 0 aromatic heterocycles. The Bertz CT molecular complexity index is 1140. The molecule has 0 saturated carbocycles. The number of benzene rings is 2. The fraction of sp³-hybridized carbons (Fsp3) is 0.273. The first-order chi connectivity index (χ1) is 14.8. The van der Waals surface area contributed by atoms with Crippen LogP contribution in [0.1, 0.15) is 35.2 Å². The number of piperidine rings is 1. The van der Waals surface area contributed by atoms with Gasteiger partial charge < -0.3 is 4.74 Å². The Morgan fingerprint density at radius 1 is 1.13 bits per heavy atom. The normalized spacial score (nSPS) is 18.5. The maximum atomic E-state index is 12.9. The molecule has 2 N–H and O–H groups in total. The van der Waals surface area contributed by atoms with E-state index in [1.165, 1.54) is 15.9 Å². The summed E-state index contributed by atoms with van der Waals surface area (Å²) in [6.45, 7) is 0.549. The number of hydrogen-bond donors (Lipinski definition) is 2. The number of ketones is 1. The molecule has 2 aromatic carbocycles. The third-order valence-electron chi connectivity index (χ3n) is 5.67. The maximum Gasteiger partial charge on any atom is 0.267 e. The quantitative estimate of drug-likeness (QED) is 0.427. The molecule has 0 atom stereocenters. The van der Waals surface area contributed by atoms with Crippen LogP contribution >= 0.6 is 0 Å². The first kappa shape index (κ1) is 21.2. The number of rotatable bonds is 4. The number of Topliss-reactive ketones (excluding diaryl/α,β-unsaturated/α-hetero) is 1. The molecule has 1 saturated heterocycles. The highest BCUT2D eigenvalue weighted by atomic mass is 32.2. The average molecular weight is 442 g/mol. The highest BCUT2D eigenvalue weighted by Crippen LogP contribution is 2.40. The van der Waals surface area contributed by atoms with Gasteiger partial charge in [0.25, 0.3) is 5.91 Å². The topological polar surface area (TPSA) is 113 Å². The van der Waals surface area contributed by atoms with E-state index in [4.69, 9.17) is 9.94 Å². The van der Waals surface area contributed by atoms with Gasteiger partial charge in [-0.15, -0.1) is 0 Å². The van der Waals surface area contributed by atoms with Gasteiger partial charge in [-0.05, 0) is 35.9 Å². The molecule has 31 heavy (non-hydrogen) atoms. The molecule has 2 aromatic rings. The zero-order valence-electron chi connectivity index (χ0n) is 16.7. The summed E-state index contributed by atoms with van der Waals surface area (Å²) < 4.78 is 33.4. The van der Waals surface area contributed by atoms with Crippen LogP contribution in [0.4, 0.5) is 0 Å². The van der Waals surface area contributed by atoms with Gasteiger partial charge in [-0.25, -0.2) is 13.9 Å². The van der Waals surface area contributed by atoms with E-state index in [1.807, 2.05) is 0 Å². The number of nitrogens with zero attached hydrogens (tertiary/aromatic N) is 1. The zero-order chi connectivity index (χ0) is 22.1. The third-order valence-corrected chi connectivity index (χ3v) is 7.58. The highest BCUT2D eigenvalue weighted by Gasteiger charge is 2.45. The minimum atomic E-state index is -3.58. The van der Waals surface area contributed by atoms with Crippen LogP contribution in [0.25, 0.3) is 6.08 Å². The molecule has 0 bridgehead atoms. The molecule has 1 spiro atoms. The Morgan fingerprint density at radius 2 is 1.84 bits per heavy atom. The van der Waals surface area contributed by atoms with Crippen LogP contribution in [0, 0.1) is 0 Å². The van der Waals surface area contributed by atoms with Crippen molar-refractivity contribution < 1.29 is 28.0 Å². The summed E-state index contributed by atoms with van der Waals surface area (Å²) in [5, 5.41) is 8.56. The monoisotopic (exact) mass is 442 g/mol. The predicted octanol–water partition coefficient (Wildman–Crippen LogP) is 2.39. The van der Waals surface area contributed by atoms with Gasteiger partial charge in [0.1, 0.15) is 11.4 Å². The molecule has 0 aliphatic carbocycles. The summed E-state index contributed by atoms with van der Waals surface area (Å²) in [5.74, 6) is -0.293. The molecule has 162 valence electrons. The predicted molar refractivity (Wildman–Crippen MR) is 112 cm³/mol. The minimum Gasteiger partial charge on any atom is -0.486 e. The van der Waals surface area contributed by atoms with Gasteiger partial charge in [-0.2, -0.15) is 4.31 Å². The minimum absolute atomic E-state index is 0.0810. The first-order valence-corrected chi connectivity index (χ1v) is 11.3. The van der Waals surface area contributed by atoms with E-state index in [1.54, 1.807) is 48.5 Å². The SMILES string of the molecule is O=C(C=Cc1ccc2c(c1)C(=O)CC1(CCN(S(=O)(=O)c3ccccc3)CC1)O2)NO. The lowest BCUT2D eigenvalue weighted by atomic mass is 9.82. The van der Waals surface area contributed by atoms with Crippen molar-refractivity contribution in [2.24, 2.45) is 0 Å². The molecule has 9 heteroatoms. The first-order valence-electron chi connectivity index (χ1n) is 9.87. The van der Waals surface area contributed by atoms with E-state index in [0.717, 1.165) is 6.08 Å². The molecule has 4 rings (SSSR count). The lowest BCUT2D eigenvalue weighted by Crippen LogP contribution is -2.52. The van der Waals surface area contributed by atoms with Crippen LogP contribution in [-0.4, -0.2) is 48.3 Å². The molecule has 8 nitrogen and oxygen atoms in total. The zero-order valence-corrected chi connectivity index (χ0v) is 17.5. The summed E-state index contributed by atoms with van der Waals surface area (Å²) in [7, 11) is -3.58. The van der Waals surface area contributed by atoms with Crippen LogP contribution in [0.5, 0.6) is 5.75 Å². The van der Waals surface area contributed by atoms with Crippen molar-refractivity contribution >= 4 is 27.8 Å². The third kappa shape index (κ3) is 4.25. The molecular formula is C22H22N2O6S. The fourth-order valence-electron chi connectivity index (χ4n) is 3.98. The standard InChI is InChI=1S/C22H22N2O6S/c25-19-15-22(30-20-8-6-16(14-18(19)20)7-9-21(26)23-27)10-12-24(13-11-22)31(28,29)17-4-2-1-3-5-17/h1-9,14,27H,10-13,15H2,(H,23,26). The smallest absolute Gasteiger partial charge is 0.267 e. The number of hydrogen-bond acceptors (Lipinski definition) is 6. The van der Waals surface area contributed by atoms with Gasteiger partial charge in [0.05, 0.1) is 16.9 Å². The van der Waals surface area contributed by atoms with E-state index in [2.05, 4.69) is 0 Å². The Hall–Kier alpha value is -3.01. The Morgan fingerprint density at radius 3 is 2.52 bits per heavy atom. The van der Waals surface area contributed by atoms with Crippen molar-refractivity contribution in [2.75, 3.05) is 13.1 Å². The molecule has 2 heterocycles. The van der Waals surface area contributed by atoms with E-state index in [0.29, 0.717) is 29.7 Å². The average Bonchev–Trinajstić information content (AvgIpc) is 2.78. The molecule has 2 aliphatic rings. The Balaban J connectivity index is 1.49. The van der Waals surface area contributed by atoms with Crippen molar-refractivity contribution in [3.05, 3.63) is 65.7 Å². The van der Waals surface area contributed by atoms with Gasteiger partial charge >= 0.3 is 0 Å². The van der Waals surface area contributed by atoms with Gasteiger partial charge in [0, 0.05) is 32.0 Å². The second-order valence-electron chi connectivity index (χ2n) is 7.67. The molecular weight excluding hydrogens is 420 g/mol. The van der Waals surface area contributed by atoms with Crippen molar-refractivity contribution in [1.82, 2.24) is 9.79 Å². The van der Waals surface area contributed by atoms with E-state index >= 15 is 0 Å². The lowest BCUT2D eigenvalue weighted by Gasteiger charge is -2.43. The van der Waals surface area contributed by atoms with Crippen LogP contribution in [0.15, 0.2) is 59.5 Å². The van der Waals surface area contributed by atoms with Crippen molar-refractivity contribution in [3.8, 4) is 5.75 Å². The number of amides is 1. The van der Waals surface area contributed by atoms with Crippen molar-refractivity contribution in [1.29, 1.82) is 0 Å². The Kier molecular flexibility index (Phi) is 5.65. The number of ether oxygens (including phenoxy) is 1. The lowest BCUT2D eigenvalue weighted by molar-refractivity contribution is -0.124. The van der Waals surface area contributed by atoms with Crippen molar-refractivity contribution in [2.45, 2.75) is 29.8 Å². The number of fused-ring (bicyclic) bond motifs is 1. The highest BCUT2D eigenvalue weighted by molar-refractivity contribution is 7.89. The van der Waals surface area contributed by atoms with Gasteiger partial charge in [0.15, 0.2) is 5.78 Å². The number of carbonyl (C=O) groups is 2. The number of hydroxylamine groups is 1. The van der Waals surface area contributed by atoms with E-state index in [9.17, 15) is 18.0 Å². The molecule has 2 aliphatic heterocycles. The molecule has 1 fully saturated rings.